The number of carbonyl (C=O) groups is 5. The number of carbonyl (C=O) groups excluding carboxylic acids is 5. The number of amides is 1. The highest BCUT2D eigenvalue weighted by Gasteiger charge is 2.78. The summed E-state index contributed by atoms with van der Waals surface area (Å²) in [5.74, 6) is -4.10. The molecule has 7 N–H and O–H groups in total. The molecule has 5 rings (SSSR count). The van der Waals surface area contributed by atoms with Crippen LogP contribution in [-0.4, -0.2) is 70.3 Å². The van der Waals surface area contributed by atoms with Crippen LogP contribution in [0, 0.1) is 40.4 Å². The van der Waals surface area contributed by atoms with E-state index in [1.165, 1.54) is 31.1 Å². The van der Waals surface area contributed by atoms with Crippen LogP contribution in [0.3, 0.4) is 0 Å². The van der Waals surface area contributed by atoms with Crippen molar-refractivity contribution in [3.05, 3.63) is 64.7 Å². The smallest absolute Gasteiger partial charge is 0.235 e. The number of rotatable bonds is 2. The van der Waals surface area contributed by atoms with Gasteiger partial charge in [-0.05, 0) is 56.8 Å². The molecule has 3 aliphatic rings. The molecular weight excluding hydrogens is 526 g/mol. The number of aromatic hydroxyl groups is 1. The molecule has 2 aromatic carbocycles. The van der Waals surface area contributed by atoms with Crippen LogP contribution in [0.15, 0.2) is 42.5 Å². The maximum absolute atomic E-state index is 14.3. The summed E-state index contributed by atoms with van der Waals surface area (Å²) in [6.07, 6.45) is -0.665. The quantitative estimate of drug-likeness (QED) is 0.269. The average molecular weight is 554 g/mol. The molecule has 3 aliphatic carbocycles. The third-order valence-electron chi connectivity index (χ3n) is 8.59. The number of nitrogens with two attached hydrogens (primary N) is 3. The topological polar surface area (TPSA) is 211 Å². The molecule has 1 amide bonds. The molecule has 0 heterocycles. The van der Waals surface area contributed by atoms with Gasteiger partial charge in [0.05, 0.1) is 23.2 Å². The van der Waals surface area contributed by atoms with Gasteiger partial charge in [-0.2, -0.15) is 5.26 Å². The van der Waals surface area contributed by atoms with Crippen molar-refractivity contribution < 1.29 is 29.1 Å². The second kappa shape index (κ2) is 9.18. The van der Waals surface area contributed by atoms with E-state index < -0.39 is 75.6 Å². The van der Waals surface area contributed by atoms with Crippen LogP contribution in [0.5, 0.6) is 5.75 Å². The van der Waals surface area contributed by atoms with Crippen molar-refractivity contribution in [3.8, 4) is 23.7 Å². The summed E-state index contributed by atoms with van der Waals surface area (Å²) in [4.78, 5) is 69.1. The average Bonchev–Trinajstić information content (AvgIpc) is 2.87. The van der Waals surface area contributed by atoms with E-state index >= 15 is 0 Å². The zero-order chi connectivity index (χ0) is 30.1. The highest BCUT2D eigenvalue weighted by Crippen LogP contribution is 2.56. The maximum Gasteiger partial charge on any atom is 0.235 e. The molecule has 0 radical (unpaired) electrons. The van der Waals surface area contributed by atoms with Crippen LogP contribution < -0.4 is 17.2 Å². The molecule has 2 fully saturated rings. The largest absolute Gasteiger partial charge is 0.507 e. The van der Waals surface area contributed by atoms with E-state index in [-0.39, 0.29) is 17.5 Å². The number of primary amides is 1. The van der Waals surface area contributed by atoms with Gasteiger partial charge in [-0.3, -0.25) is 28.9 Å². The molecule has 0 aliphatic heterocycles. The molecule has 11 heteroatoms. The summed E-state index contributed by atoms with van der Waals surface area (Å²) in [5.41, 5.74) is 13.4. The van der Waals surface area contributed by atoms with Crippen molar-refractivity contribution in [2.24, 2.45) is 34.5 Å². The predicted octanol–water partition coefficient (Wildman–Crippen LogP) is -0.792. The molecule has 208 valence electrons. The third kappa shape index (κ3) is 3.60. The number of ketones is 4. The number of nitrogens with zero attached hydrogens (tertiary/aromatic N) is 2. The Bertz CT molecular complexity index is 1670. The Balaban J connectivity index is 1.74. The van der Waals surface area contributed by atoms with Gasteiger partial charge in [0.25, 0.3) is 0 Å². The van der Waals surface area contributed by atoms with Crippen LogP contribution in [0.25, 0.3) is 0 Å². The first kappa shape index (κ1) is 27.9. The molecule has 2 saturated carbocycles. The first-order valence-corrected chi connectivity index (χ1v) is 12.8. The molecule has 6 atom stereocenters. The molecule has 41 heavy (non-hydrogen) atoms. The Kier molecular flexibility index (Phi) is 6.24. The zero-order valence-corrected chi connectivity index (χ0v) is 22.3. The van der Waals surface area contributed by atoms with E-state index in [1.807, 2.05) is 18.2 Å². The monoisotopic (exact) mass is 553 g/mol. The summed E-state index contributed by atoms with van der Waals surface area (Å²) >= 11 is 0. The van der Waals surface area contributed by atoms with Gasteiger partial charge in [0.2, 0.25) is 5.91 Å². The number of phenols is 1. The summed E-state index contributed by atoms with van der Waals surface area (Å²) in [6, 6.07) is 12.1. The van der Waals surface area contributed by atoms with Crippen molar-refractivity contribution in [3.63, 3.8) is 0 Å². The molecule has 0 aromatic heterocycles. The highest BCUT2D eigenvalue weighted by atomic mass is 16.3. The minimum Gasteiger partial charge on any atom is -0.507 e. The number of fused-ring (bicyclic) bond motifs is 3. The van der Waals surface area contributed by atoms with Gasteiger partial charge in [0, 0.05) is 16.7 Å². The summed E-state index contributed by atoms with van der Waals surface area (Å²) in [6.45, 7) is 0. The van der Waals surface area contributed by atoms with Crippen molar-refractivity contribution >= 4 is 29.0 Å². The first-order chi connectivity index (χ1) is 19.2. The third-order valence-corrected chi connectivity index (χ3v) is 8.59. The van der Waals surface area contributed by atoms with Crippen LogP contribution in [0.1, 0.15) is 33.5 Å². The molecule has 0 spiro atoms. The second-order valence-electron chi connectivity index (χ2n) is 11.2. The fourth-order valence-corrected chi connectivity index (χ4v) is 6.99. The normalized spacial score (nSPS) is 32.2. The summed E-state index contributed by atoms with van der Waals surface area (Å²) in [5, 5.41) is 21.2. The van der Waals surface area contributed by atoms with Crippen LogP contribution in [0.4, 0.5) is 0 Å². The number of benzene rings is 2. The van der Waals surface area contributed by atoms with E-state index in [1.54, 1.807) is 18.2 Å². The van der Waals surface area contributed by atoms with E-state index in [2.05, 4.69) is 11.8 Å². The fraction of sp³-hybridized carbons (Fsp3) is 0.333. The zero-order valence-electron chi connectivity index (χ0n) is 22.3. The molecule has 2 aromatic rings. The van der Waals surface area contributed by atoms with Crippen molar-refractivity contribution in [2.45, 2.75) is 30.0 Å². The summed E-state index contributed by atoms with van der Waals surface area (Å²) < 4.78 is 0. The minimum atomic E-state index is -2.78. The maximum atomic E-state index is 14.3. The predicted molar refractivity (Wildman–Crippen MR) is 144 cm³/mol. The summed E-state index contributed by atoms with van der Waals surface area (Å²) in [7, 11) is 2.90. The van der Waals surface area contributed by atoms with Crippen LogP contribution >= 0.6 is 0 Å². The molecule has 2 unspecified atom stereocenters. The van der Waals surface area contributed by atoms with Gasteiger partial charge in [-0.25, -0.2) is 0 Å². The lowest BCUT2D eigenvalue weighted by molar-refractivity contribution is -0.166. The number of nitriles is 1. The molecular formula is C30H27N5O6. The van der Waals surface area contributed by atoms with Gasteiger partial charge in [-0.1, -0.05) is 30.0 Å². The minimum absolute atomic E-state index is 0.181. The van der Waals surface area contributed by atoms with Gasteiger partial charge >= 0.3 is 0 Å². The van der Waals surface area contributed by atoms with Crippen molar-refractivity contribution in [2.75, 3.05) is 14.1 Å². The molecule has 0 saturated heterocycles. The SMILES string of the molecule is CN(C)[C@@H]1C(=O)C(C(N)=O)C(=O)[C@@]2(C#N)C(=O)C3C(=O)c4c(O)ccc(C#Cc5ccccc5)c4C[C@@]3(N)C[C@@]12N. The van der Waals surface area contributed by atoms with E-state index in [4.69, 9.17) is 17.2 Å². The van der Waals surface area contributed by atoms with Gasteiger partial charge in [0.1, 0.15) is 11.7 Å². The standard InChI is InChI=1S/C30H27N5O6/c1-35(2)24-23(38)20(27(32)41)25(39)29(14-31)26(40)21-22(37)19-17(12-28(21,33)13-30(24,29)34)16(10-11-18(19)36)9-8-15-6-4-3-5-7-15/h3-7,10-11,20-21,24,36H,12-13,33-34H2,1-2H3,(H2,32,41)/t20?,21?,24-,28-,29+,30-/m1/s1. The van der Waals surface area contributed by atoms with Crippen molar-refractivity contribution in [1.82, 2.24) is 4.90 Å². The number of hydrogen-bond donors (Lipinski definition) is 4. The Labute approximate surface area is 235 Å². The van der Waals surface area contributed by atoms with Crippen LogP contribution in [-0.2, 0) is 25.6 Å². The molecule has 0 bridgehead atoms. The Morgan fingerprint density at radius 2 is 1.68 bits per heavy atom. The number of Topliss-reactive ketones (excluding diaryl/α,β-unsaturated/α-hetero) is 4. The Morgan fingerprint density at radius 3 is 2.27 bits per heavy atom. The number of phenolic OH excluding ortho intramolecular Hbond substituents is 1. The lowest BCUT2D eigenvalue weighted by atomic mass is 9.42. The van der Waals surface area contributed by atoms with Gasteiger partial charge in [0.15, 0.2) is 34.5 Å². The van der Waals surface area contributed by atoms with Gasteiger partial charge in [-0.15, -0.1) is 0 Å². The van der Waals surface area contributed by atoms with E-state index in [0.717, 1.165) is 0 Å². The lowest BCUT2D eigenvalue weighted by Gasteiger charge is -2.60. The van der Waals surface area contributed by atoms with E-state index in [0.29, 0.717) is 11.1 Å². The second-order valence-corrected chi connectivity index (χ2v) is 11.2. The van der Waals surface area contributed by atoms with E-state index in [9.17, 15) is 34.3 Å². The Hall–Kier alpha value is -4.68. The molecule has 11 nitrogen and oxygen atoms in total. The van der Waals surface area contributed by atoms with Crippen LogP contribution in [0.2, 0.25) is 0 Å². The van der Waals surface area contributed by atoms with Gasteiger partial charge < -0.3 is 22.3 Å². The Morgan fingerprint density at radius 1 is 1.02 bits per heavy atom. The fourth-order valence-electron chi connectivity index (χ4n) is 6.99. The van der Waals surface area contributed by atoms with Crippen molar-refractivity contribution in [1.29, 1.82) is 5.26 Å². The lowest BCUT2D eigenvalue weighted by Crippen LogP contribution is -2.85. The first-order valence-electron chi connectivity index (χ1n) is 12.8. The number of likely N-dealkylation sites (N-methyl/N-ethyl adjacent to an activating group) is 1. The highest BCUT2D eigenvalue weighted by molar-refractivity contribution is 6.33. The number of hydrogen-bond acceptors (Lipinski definition) is 10.